The summed E-state index contributed by atoms with van der Waals surface area (Å²) in [6.45, 7) is 1.05. The summed E-state index contributed by atoms with van der Waals surface area (Å²) in [6, 6.07) is 3.52. The molecule has 2 aromatic rings. The minimum atomic E-state index is -4.84. The fraction of sp³-hybridized carbons (Fsp3) is 0.125. The first-order valence-corrected chi connectivity index (χ1v) is 7.41. The van der Waals surface area contributed by atoms with Crippen LogP contribution in [0.5, 0.6) is 0 Å². The Morgan fingerprint density at radius 3 is 2.41 bits per heavy atom. The predicted molar refractivity (Wildman–Crippen MR) is 87.6 cm³/mol. The Balaban J connectivity index is 2.26. The molecule has 1 aliphatic heterocycles. The van der Waals surface area contributed by atoms with Crippen LogP contribution in [0.15, 0.2) is 29.1 Å². The molecule has 0 saturated carbocycles. The first kappa shape index (κ1) is 18.2. The first-order valence-electron chi connectivity index (χ1n) is 7.41. The number of hydrogen-bond acceptors (Lipinski definition) is 5. The lowest BCUT2D eigenvalue weighted by molar-refractivity contribution is -0.137. The van der Waals surface area contributed by atoms with E-state index >= 15 is 0 Å². The van der Waals surface area contributed by atoms with Crippen LogP contribution < -0.4 is 21.9 Å². The van der Waals surface area contributed by atoms with Crippen molar-refractivity contribution in [3.8, 4) is 5.69 Å². The van der Waals surface area contributed by atoms with Crippen LogP contribution in [0.4, 0.5) is 24.7 Å². The molecular formula is C16H11F3N4O4. The molecule has 0 spiro atoms. The number of nitrogens with two attached hydrogens (primary N) is 1. The number of hydrogen-bond donors (Lipinski definition) is 3. The highest BCUT2D eigenvalue weighted by Crippen LogP contribution is 2.36. The number of anilines is 2. The highest BCUT2D eigenvalue weighted by atomic mass is 19.4. The van der Waals surface area contributed by atoms with Gasteiger partial charge < -0.3 is 11.1 Å². The van der Waals surface area contributed by atoms with E-state index in [1.54, 1.807) is 0 Å². The van der Waals surface area contributed by atoms with Gasteiger partial charge in [-0.15, -0.1) is 0 Å². The van der Waals surface area contributed by atoms with E-state index in [2.05, 4.69) is 5.32 Å². The summed E-state index contributed by atoms with van der Waals surface area (Å²) in [5.74, 6) is -2.85. The summed E-state index contributed by atoms with van der Waals surface area (Å²) in [7, 11) is 0. The fourth-order valence-corrected chi connectivity index (χ4v) is 2.75. The molecule has 0 radical (unpaired) electrons. The van der Waals surface area contributed by atoms with Gasteiger partial charge in [-0.25, -0.2) is 0 Å². The minimum absolute atomic E-state index is 0.246. The Morgan fingerprint density at radius 2 is 1.81 bits per heavy atom. The van der Waals surface area contributed by atoms with E-state index < -0.39 is 46.5 Å². The van der Waals surface area contributed by atoms with E-state index in [0.717, 1.165) is 25.1 Å². The van der Waals surface area contributed by atoms with Gasteiger partial charge in [-0.05, 0) is 18.2 Å². The number of nitrogens with one attached hydrogen (secondary N) is 2. The number of benzene rings is 1. The number of pyridine rings is 1. The lowest BCUT2D eigenvalue weighted by Gasteiger charge is -2.17. The zero-order valence-electron chi connectivity index (χ0n) is 13.6. The Bertz CT molecular complexity index is 1070. The number of nitrogens with zero attached hydrogens (tertiary/aromatic N) is 1. The standard InChI is InChI=1S/C16H11F3N4O4/c1-6(24)21-10-3-2-7(4-9(10)16(17,18)19)23-11(25)5-8-12(13(23)20)15(27)22-14(8)26/h2-5H,20H2,1H3,(H,21,24)(H,22,26,27). The minimum Gasteiger partial charge on any atom is -0.384 e. The average molecular weight is 380 g/mol. The van der Waals surface area contributed by atoms with Crippen LogP contribution in [0, 0.1) is 0 Å². The maximum Gasteiger partial charge on any atom is 0.418 e. The van der Waals surface area contributed by atoms with E-state index in [1.807, 2.05) is 5.32 Å². The van der Waals surface area contributed by atoms with Gasteiger partial charge in [0.25, 0.3) is 17.4 Å². The zero-order valence-corrected chi connectivity index (χ0v) is 13.6. The molecule has 4 N–H and O–H groups in total. The molecule has 3 rings (SSSR count). The third-order valence-corrected chi connectivity index (χ3v) is 3.83. The number of alkyl halides is 3. The van der Waals surface area contributed by atoms with Crippen molar-refractivity contribution in [2.24, 2.45) is 0 Å². The van der Waals surface area contributed by atoms with Crippen LogP contribution in [-0.4, -0.2) is 22.3 Å². The number of carbonyl (C=O) groups excluding carboxylic acids is 3. The highest BCUT2D eigenvalue weighted by molar-refractivity contribution is 6.23. The molecule has 1 aromatic heterocycles. The van der Waals surface area contributed by atoms with Crippen LogP contribution in [0.2, 0.25) is 0 Å². The van der Waals surface area contributed by atoms with Crippen LogP contribution >= 0.6 is 0 Å². The maximum absolute atomic E-state index is 13.3. The number of fused-ring (bicyclic) bond motifs is 1. The van der Waals surface area contributed by atoms with Gasteiger partial charge >= 0.3 is 6.18 Å². The Kier molecular flexibility index (Phi) is 4.02. The lowest BCUT2D eigenvalue weighted by Crippen LogP contribution is -2.24. The summed E-state index contributed by atoms with van der Waals surface area (Å²) in [4.78, 5) is 46.9. The van der Waals surface area contributed by atoms with Crippen molar-refractivity contribution in [2.45, 2.75) is 13.1 Å². The van der Waals surface area contributed by atoms with Gasteiger partial charge in [-0.1, -0.05) is 0 Å². The number of rotatable bonds is 2. The summed E-state index contributed by atoms with van der Waals surface area (Å²) in [6.07, 6.45) is -4.84. The molecule has 0 unspecified atom stereocenters. The monoisotopic (exact) mass is 380 g/mol. The van der Waals surface area contributed by atoms with Crippen molar-refractivity contribution in [3.05, 3.63) is 51.3 Å². The quantitative estimate of drug-likeness (QED) is 0.678. The molecule has 0 bridgehead atoms. The predicted octanol–water partition coefficient (Wildman–Crippen LogP) is 1.28. The van der Waals surface area contributed by atoms with E-state index in [1.165, 1.54) is 0 Å². The van der Waals surface area contributed by atoms with Crippen LogP contribution in [0.1, 0.15) is 33.2 Å². The molecule has 27 heavy (non-hydrogen) atoms. The smallest absolute Gasteiger partial charge is 0.384 e. The second-order valence-corrected chi connectivity index (χ2v) is 5.68. The van der Waals surface area contributed by atoms with Crippen molar-refractivity contribution in [1.29, 1.82) is 0 Å². The molecule has 8 nitrogen and oxygen atoms in total. The number of amides is 3. The fourth-order valence-electron chi connectivity index (χ4n) is 2.75. The van der Waals surface area contributed by atoms with Crippen molar-refractivity contribution in [2.75, 3.05) is 11.1 Å². The van der Waals surface area contributed by atoms with Gasteiger partial charge in [-0.2, -0.15) is 13.2 Å². The third-order valence-electron chi connectivity index (χ3n) is 3.83. The summed E-state index contributed by atoms with van der Waals surface area (Å²) >= 11 is 0. The van der Waals surface area contributed by atoms with E-state index in [9.17, 15) is 32.3 Å². The van der Waals surface area contributed by atoms with Gasteiger partial charge in [0.05, 0.1) is 28.1 Å². The van der Waals surface area contributed by atoms with Crippen molar-refractivity contribution in [1.82, 2.24) is 9.88 Å². The van der Waals surface area contributed by atoms with Crippen LogP contribution in [0.25, 0.3) is 5.69 Å². The number of carbonyl (C=O) groups is 3. The molecule has 0 fully saturated rings. The summed E-state index contributed by atoms with van der Waals surface area (Å²) in [5.41, 5.74) is 2.38. The van der Waals surface area contributed by atoms with E-state index in [4.69, 9.17) is 5.73 Å². The summed E-state index contributed by atoms with van der Waals surface area (Å²) in [5, 5.41) is 4.01. The molecule has 0 atom stereocenters. The average Bonchev–Trinajstić information content (AvgIpc) is 2.81. The largest absolute Gasteiger partial charge is 0.418 e. The molecule has 140 valence electrons. The molecule has 2 heterocycles. The Hall–Kier alpha value is -3.63. The molecule has 11 heteroatoms. The first-order chi connectivity index (χ1) is 12.5. The van der Waals surface area contributed by atoms with E-state index in [-0.39, 0.29) is 16.8 Å². The highest BCUT2D eigenvalue weighted by Gasteiger charge is 2.35. The second-order valence-electron chi connectivity index (χ2n) is 5.68. The van der Waals surface area contributed by atoms with Crippen molar-refractivity contribution in [3.63, 3.8) is 0 Å². The molecule has 1 aliphatic rings. The Morgan fingerprint density at radius 1 is 1.15 bits per heavy atom. The Labute approximate surface area is 148 Å². The van der Waals surface area contributed by atoms with Gasteiger partial charge in [0.15, 0.2) is 0 Å². The number of aromatic nitrogens is 1. The lowest BCUT2D eigenvalue weighted by atomic mass is 10.1. The van der Waals surface area contributed by atoms with Gasteiger partial charge in [0, 0.05) is 13.0 Å². The zero-order chi connectivity index (χ0) is 20.1. The van der Waals surface area contributed by atoms with E-state index in [0.29, 0.717) is 10.6 Å². The van der Waals surface area contributed by atoms with Crippen molar-refractivity contribution < 1.29 is 27.6 Å². The number of imide groups is 1. The molecular weight excluding hydrogens is 369 g/mol. The third kappa shape index (κ3) is 3.03. The van der Waals surface area contributed by atoms with Gasteiger partial charge in [0.2, 0.25) is 5.91 Å². The molecule has 0 saturated heterocycles. The van der Waals surface area contributed by atoms with Crippen LogP contribution in [0.3, 0.4) is 0 Å². The topological polar surface area (TPSA) is 123 Å². The van der Waals surface area contributed by atoms with Crippen molar-refractivity contribution >= 4 is 29.2 Å². The van der Waals surface area contributed by atoms with Crippen LogP contribution in [-0.2, 0) is 11.0 Å². The molecule has 0 aliphatic carbocycles. The maximum atomic E-state index is 13.3. The SMILES string of the molecule is CC(=O)Nc1ccc(-n2c(N)c3c(cc2=O)C(=O)NC3=O)cc1C(F)(F)F. The second kappa shape index (κ2) is 5.97. The number of nitrogen functional groups attached to an aromatic ring is 1. The van der Waals surface area contributed by atoms with Gasteiger partial charge in [0.1, 0.15) is 5.82 Å². The normalized spacial score (nSPS) is 13.3. The summed E-state index contributed by atoms with van der Waals surface area (Å²) < 4.78 is 40.7. The molecule has 1 aromatic carbocycles. The number of halogens is 3. The van der Waals surface area contributed by atoms with Gasteiger partial charge in [-0.3, -0.25) is 29.1 Å². The molecule has 3 amide bonds.